The van der Waals surface area contributed by atoms with Crippen LogP contribution in [-0.2, 0) is 4.79 Å². The van der Waals surface area contributed by atoms with Crippen LogP contribution in [0.2, 0.25) is 0 Å². The van der Waals surface area contributed by atoms with E-state index < -0.39 is 0 Å². The van der Waals surface area contributed by atoms with Gasteiger partial charge in [0.05, 0.1) is 0 Å². The number of fused-ring (bicyclic) bond motifs is 1. The summed E-state index contributed by atoms with van der Waals surface area (Å²) in [6.07, 6.45) is 8.56. The SMILES string of the molecule is Cc1ccc(NC(=O)[C@@H]2CC2c2ccccn2)cc1-c1cnc2cccn2c1. The molecule has 1 aromatic carbocycles. The maximum absolute atomic E-state index is 12.7. The van der Waals surface area contributed by atoms with Crippen molar-refractivity contribution in [2.45, 2.75) is 19.3 Å². The standard InChI is InChI=1S/C23H20N4O/c1-15-7-8-17(11-18(15)16-13-25-22-6-4-10-27(22)14-16)26-23(28)20-12-19(20)21-5-2-3-9-24-21/h2-11,13-14,19-20H,12H2,1H3,(H,26,28)/t19?,20-/m1/s1. The Morgan fingerprint density at radius 2 is 2.07 bits per heavy atom. The molecular weight excluding hydrogens is 348 g/mol. The van der Waals surface area contributed by atoms with E-state index in [1.807, 2.05) is 65.3 Å². The normalized spacial score (nSPS) is 18.2. The Labute approximate surface area is 163 Å². The van der Waals surface area contributed by atoms with Crippen LogP contribution in [0.1, 0.15) is 23.6 Å². The maximum Gasteiger partial charge on any atom is 0.228 e. The van der Waals surface area contributed by atoms with E-state index in [2.05, 4.69) is 28.4 Å². The van der Waals surface area contributed by atoms with E-state index in [1.54, 1.807) is 6.20 Å². The highest BCUT2D eigenvalue weighted by Gasteiger charge is 2.44. The number of amides is 1. The molecule has 0 radical (unpaired) electrons. The van der Waals surface area contributed by atoms with Crippen LogP contribution in [0.4, 0.5) is 5.69 Å². The van der Waals surface area contributed by atoms with Crippen LogP contribution in [0, 0.1) is 12.8 Å². The van der Waals surface area contributed by atoms with E-state index in [-0.39, 0.29) is 17.7 Å². The first kappa shape index (κ1) is 16.7. The number of hydrogen-bond acceptors (Lipinski definition) is 3. The van der Waals surface area contributed by atoms with E-state index in [9.17, 15) is 4.79 Å². The van der Waals surface area contributed by atoms with Gasteiger partial charge in [-0.25, -0.2) is 4.98 Å². The van der Waals surface area contributed by atoms with Gasteiger partial charge in [0.25, 0.3) is 0 Å². The molecule has 3 aromatic heterocycles. The van der Waals surface area contributed by atoms with Crippen molar-refractivity contribution in [3.8, 4) is 11.1 Å². The lowest BCUT2D eigenvalue weighted by Gasteiger charge is -2.11. The molecule has 1 N–H and O–H groups in total. The van der Waals surface area contributed by atoms with Gasteiger partial charge in [0.2, 0.25) is 5.91 Å². The number of anilines is 1. The minimum atomic E-state index is -0.00227. The first-order valence-corrected chi connectivity index (χ1v) is 9.44. The smallest absolute Gasteiger partial charge is 0.228 e. The van der Waals surface area contributed by atoms with Crippen LogP contribution < -0.4 is 5.32 Å². The van der Waals surface area contributed by atoms with Crippen LogP contribution in [0.5, 0.6) is 0 Å². The Bertz CT molecular complexity index is 1170. The van der Waals surface area contributed by atoms with E-state index in [0.717, 1.165) is 40.1 Å². The molecule has 4 aromatic rings. The van der Waals surface area contributed by atoms with Crippen molar-refractivity contribution in [3.63, 3.8) is 0 Å². The molecule has 1 saturated carbocycles. The summed E-state index contributed by atoms with van der Waals surface area (Å²) in [6, 6.07) is 15.8. The summed E-state index contributed by atoms with van der Waals surface area (Å²) >= 11 is 0. The zero-order valence-electron chi connectivity index (χ0n) is 15.5. The van der Waals surface area contributed by atoms with Crippen molar-refractivity contribution in [3.05, 3.63) is 84.6 Å². The van der Waals surface area contributed by atoms with Gasteiger partial charge in [-0.1, -0.05) is 12.1 Å². The fourth-order valence-electron chi connectivity index (χ4n) is 3.71. The van der Waals surface area contributed by atoms with Gasteiger partial charge in [0.1, 0.15) is 5.65 Å². The molecule has 3 heterocycles. The first-order valence-electron chi connectivity index (χ1n) is 9.44. The van der Waals surface area contributed by atoms with Crippen molar-refractivity contribution in [2.24, 2.45) is 5.92 Å². The molecule has 0 bridgehead atoms. The van der Waals surface area contributed by atoms with Crippen LogP contribution in [-0.4, -0.2) is 20.3 Å². The molecule has 138 valence electrons. The predicted molar refractivity (Wildman–Crippen MR) is 109 cm³/mol. The van der Waals surface area contributed by atoms with Gasteiger partial charge in [-0.15, -0.1) is 0 Å². The second kappa shape index (κ2) is 6.60. The molecule has 5 rings (SSSR count). The van der Waals surface area contributed by atoms with E-state index in [0.29, 0.717) is 0 Å². The van der Waals surface area contributed by atoms with E-state index in [4.69, 9.17) is 0 Å². The first-order chi connectivity index (χ1) is 13.7. The Morgan fingerprint density at radius 3 is 2.93 bits per heavy atom. The average Bonchev–Trinajstić information content (AvgIpc) is 3.40. The number of aromatic nitrogens is 3. The molecular formula is C23H20N4O. The molecule has 0 spiro atoms. The van der Waals surface area contributed by atoms with Gasteiger partial charge < -0.3 is 9.72 Å². The average molecular weight is 368 g/mol. The molecule has 1 amide bonds. The topological polar surface area (TPSA) is 59.3 Å². The largest absolute Gasteiger partial charge is 0.326 e. The van der Waals surface area contributed by atoms with Gasteiger partial charge in [0.15, 0.2) is 0 Å². The fraction of sp³-hybridized carbons (Fsp3) is 0.174. The lowest BCUT2D eigenvalue weighted by atomic mass is 10.0. The van der Waals surface area contributed by atoms with Gasteiger partial charge in [-0.3, -0.25) is 9.78 Å². The zero-order chi connectivity index (χ0) is 19.1. The highest BCUT2D eigenvalue weighted by Crippen LogP contribution is 2.47. The number of benzene rings is 1. The van der Waals surface area contributed by atoms with E-state index in [1.165, 1.54) is 0 Å². The number of rotatable bonds is 4. The highest BCUT2D eigenvalue weighted by atomic mass is 16.2. The zero-order valence-corrected chi connectivity index (χ0v) is 15.5. The molecule has 1 aliphatic carbocycles. The number of hydrogen-bond donors (Lipinski definition) is 1. The van der Waals surface area contributed by atoms with Gasteiger partial charge in [-0.2, -0.15) is 0 Å². The number of aryl methyl sites for hydroxylation is 1. The van der Waals surface area contributed by atoms with Crippen LogP contribution in [0.15, 0.2) is 73.3 Å². The Morgan fingerprint density at radius 1 is 1.14 bits per heavy atom. The van der Waals surface area contributed by atoms with Crippen molar-refractivity contribution in [1.82, 2.24) is 14.4 Å². The summed E-state index contributed by atoms with van der Waals surface area (Å²) in [5, 5.41) is 3.08. The predicted octanol–water partition coefficient (Wildman–Crippen LogP) is 4.45. The maximum atomic E-state index is 12.7. The fourth-order valence-corrected chi connectivity index (χ4v) is 3.71. The second-order valence-electron chi connectivity index (χ2n) is 7.34. The van der Waals surface area contributed by atoms with Gasteiger partial charge in [0, 0.05) is 53.6 Å². The Balaban J connectivity index is 1.36. The summed E-state index contributed by atoms with van der Waals surface area (Å²) in [5.41, 5.74) is 5.96. The number of nitrogens with zero attached hydrogens (tertiary/aromatic N) is 3. The van der Waals surface area contributed by atoms with Crippen LogP contribution >= 0.6 is 0 Å². The summed E-state index contributed by atoms with van der Waals surface area (Å²) < 4.78 is 2.00. The van der Waals surface area contributed by atoms with Crippen LogP contribution in [0.3, 0.4) is 0 Å². The molecule has 28 heavy (non-hydrogen) atoms. The quantitative estimate of drug-likeness (QED) is 0.579. The number of carbonyl (C=O) groups excluding carboxylic acids is 1. The Hall–Kier alpha value is -3.47. The molecule has 2 atom stereocenters. The van der Waals surface area contributed by atoms with Crippen molar-refractivity contribution >= 4 is 17.2 Å². The molecule has 1 unspecified atom stereocenters. The van der Waals surface area contributed by atoms with E-state index >= 15 is 0 Å². The van der Waals surface area contributed by atoms with Gasteiger partial charge >= 0.3 is 0 Å². The molecule has 5 nitrogen and oxygen atoms in total. The van der Waals surface area contributed by atoms with Crippen molar-refractivity contribution < 1.29 is 4.79 Å². The molecule has 5 heteroatoms. The third-order valence-electron chi connectivity index (χ3n) is 5.38. The molecule has 1 fully saturated rings. The summed E-state index contributed by atoms with van der Waals surface area (Å²) in [4.78, 5) is 21.6. The third kappa shape index (κ3) is 3.05. The van der Waals surface area contributed by atoms with Crippen molar-refractivity contribution in [2.75, 3.05) is 5.32 Å². The van der Waals surface area contributed by atoms with Crippen molar-refractivity contribution in [1.29, 1.82) is 0 Å². The molecule has 0 aliphatic heterocycles. The lowest BCUT2D eigenvalue weighted by Crippen LogP contribution is -2.14. The molecule has 0 saturated heterocycles. The minimum absolute atomic E-state index is 0.00227. The number of pyridine rings is 1. The monoisotopic (exact) mass is 368 g/mol. The number of carbonyl (C=O) groups is 1. The summed E-state index contributed by atoms with van der Waals surface area (Å²) in [7, 11) is 0. The third-order valence-corrected chi connectivity index (χ3v) is 5.38. The number of nitrogens with one attached hydrogen (secondary N) is 1. The van der Waals surface area contributed by atoms with Gasteiger partial charge in [-0.05, 0) is 60.9 Å². The van der Waals surface area contributed by atoms with Crippen LogP contribution in [0.25, 0.3) is 16.8 Å². The highest BCUT2D eigenvalue weighted by molar-refractivity contribution is 5.95. The second-order valence-corrected chi connectivity index (χ2v) is 7.34. The summed E-state index contributed by atoms with van der Waals surface area (Å²) in [6.45, 7) is 2.07. The lowest BCUT2D eigenvalue weighted by molar-refractivity contribution is -0.117. The molecule has 1 aliphatic rings. The minimum Gasteiger partial charge on any atom is -0.326 e. The summed E-state index contributed by atoms with van der Waals surface area (Å²) in [5.74, 6) is 0.286. The Kier molecular flexibility index (Phi) is 3.93.